The first-order valence-corrected chi connectivity index (χ1v) is 19.3. The second kappa shape index (κ2) is 18.7. The van der Waals surface area contributed by atoms with Crippen molar-refractivity contribution in [3.63, 3.8) is 0 Å². The van der Waals surface area contributed by atoms with Crippen molar-refractivity contribution in [2.45, 2.75) is 13.2 Å². The molecule has 1 aliphatic rings. The molecule has 0 saturated carbocycles. The maximum Gasteiger partial charge on any atom is 0.329 e. The largest absolute Gasteiger partial charge is 0.492 e. The Labute approximate surface area is 325 Å². The van der Waals surface area contributed by atoms with Crippen LogP contribution in [0.25, 0.3) is 20.5 Å². The highest BCUT2D eigenvalue weighted by Gasteiger charge is 2.23. The number of rotatable bonds is 18. The molecule has 1 aromatic heterocycles. The third-order valence-corrected chi connectivity index (χ3v) is 10.7. The van der Waals surface area contributed by atoms with Crippen LogP contribution in [0, 0.1) is 0 Å². The fourth-order valence-electron chi connectivity index (χ4n) is 6.51. The molecule has 0 bridgehead atoms. The topological polar surface area (TPSA) is 97.8 Å². The lowest BCUT2D eigenvalue weighted by atomic mass is 9.97. The predicted molar refractivity (Wildman–Crippen MR) is 216 cm³/mol. The van der Waals surface area contributed by atoms with Gasteiger partial charge in [-0.1, -0.05) is 60.7 Å². The fraction of sp³-hybridized carbons (Fsp3) is 0.244. The van der Waals surface area contributed by atoms with Gasteiger partial charge in [-0.2, -0.15) is 0 Å². The summed E-state index contributed by atoms with van der Waals surface area (Å²) in [6.45, 7) is 6.78. The van der Waals surface area contributed by atoms with E-state index in [2.05, 4.69) is 9.80 Å². The second-order valence-electron chi connectivity index (χ2n) is 13.4. The SMILES string of the molecule is O=C(O)COCCN1CCN(CCOc2ccc(C(=O)c3c(-c4ccc(OCc5ccccc5)cc4)sc4cc(OCc5ccccc5)ccc34)cc2)CC1. The molecule has 9 nitrogen and oxygen atoms in total. The number of thiophene rings is 1. The molecule has 282 valence electrons. The van der Waals surface area contributed by atoms with E-state index >= 15 is 0 Å². The molecular weight excluding hydrogens is 713 g/mol. The van der Waals surface area contributed by atoms with Crippen LogP contribution in [0.15, 0.2) is 127 Å². The summed E-state index contributed by atoms with van der Waals surface area (Å²) < 4.78 is 24.4. The quantitative estimate of drug-likeness (QED) is 0.0690. The number of carbonyl (C=O) groups is 2. The number of hydrogen-bond acceptors (Lipinski definition) is 9. The van der Waals surface area contributed by atoms with Gasteiger partial charge >= 0.3 is 5.97 Å². The number of carbonyl (C=O) groups excluding carboxylic acids is 1. The van der Waals surface area contributed by atoms with Gasteiger partial charge in [-0.25, -0.2) is 4.79 Å². The van der Waals surface area contributed by atoms with Gasteiger partial charge in [0, 0.05) is 65.4 Å². The minimum Gasteiger partial charge on any atom is -0.492 e. The van der Waals surface area contributed by atoms with E-state index in [-0.39, 0.29) is 12.4 Å². The van der Waals surface area contributed by atoms with Gasteiger partial charge in [0.05, 0.1) is 6.61 Å². The zero-order valence-electron chi connectivity index (χ0n) is 30.6. The van der Waals surface area contributed by atoms with Crippen LogP contribution in [0.5, 0.6) is 17.2 Å². The molecule has 0 amide bonds. The number of nitrogens with zero attached hydrogens (tertiary/aromatic N) is 2. The van der Waals surface area contributed by atoms with Crippen molar-refractivity contribution in [3.05, 3.63) is 150 Å². The number of piperazine rings is 1. The van der Waals surface area contributed by atoms with Gasteiger partial charge in [0.25, 0.3) is 0 Å². The smallest absolute Gasteiger partial charge is 0.329 e. The van der Waals surface area contributed by atoms with Gasteiger partial charge in [0.1, 0.15) is 43.7 Å². The third-order valence-electron chi connectivity index (χ3n) is 9.54. The summed E-state index contributed by atoms with van der Waals surface area (Å²) in [6.07, 6.45) is 0. The number of benzene rings is 5. The summed E-state index contributed by atoms with van der Waals surface area (Å²) in [7, 11) is 0. The van der Waals surface area contributed by atoms with Gasteiger partial charge in [-0.05, 0) is 83.4 Å². The summed E-state index contributed by atoms with van der Waals surface area (Å²) in [5.74, 6) is 1.23. The lowest BCUT2D eigenvalue weighted by Gasteiger charge is -2.34. The van der Waals surface area contributed by atoms with Crippen molar-refractivity contribution in [2.75, 3.05) is 59.1 Å². The van der Waals surface area contributed by atoms with Gasteiger partial charge in [0.2, 0.25) is 0 Å². The van der Waals surface area contributed by atoms with Crippen molar-refractivity contribution in [1.82, 2.24) is 9.80 Å². The van der Waals surface area contributed by atoms with Crippen LogP contribution >= 0.6 is 11.3 Å². The monoisotopic (exact) mass is 756 g/mol. The number of aliphatic carboxylic acids is 1. The van der Waals surface area contributed by atoms with Crippen molar-refractivity contribution >= 4 is 33.2 Å². The second-order valence-corrected chi connectivity index (χ2v) is 14.4. The molecule has 0 atom stereocenters. The highest BCUT2D eigenvalue weighted by atomic mass is 32.1. The molecule has 0 spiro atoms. The Kier molecular flexibility index (Phi) is 12.8. The first kappa shape index (κ1) is 37.8. The molecule has 0 unspecified atom stereocenters. The molecule has 1 aliphatic heterocycles. The standard InChI is InChI=1S/C45H44N2O7S/c48-42(49)32-51-27-25-46-21-23-47(24-22-46)26-28-52-37-15-11-35(12-16-37)44(50)43-40-20-19-39(54-31-34-9-5-2-6-10-34)29-41(40)55-45(43)36-13-17-38(18-14-36)53-30-33-7-3-1-4-8-33/h1-20,29H,21-28,30-32H2,(H,48,49). The van der Waals surface area contributed by atoms with E-state index in [9.17, 15) is 9.59 Å². The van der Waals surface area contributed by atoms with E-state index in [1.54, 1.807) is 11.3 Å². The number of fused-ring (bicyclic) bond motifs is 1. The molecule has 7 rings (SSSR count). The Morgan fingerprint density at radius 1 is 0.618 bits per heavy atom. The zero-order valence-corrected chi connectivity index (χ0v) is 31.4. The zero-order chi connectivity index (χ0) is 37.8. The molecule has 5 aromatic carbocycles. The molecule has 1 saturated heterocycles. The van der Waals surface area contributed by atoms with Gasteiger partial charge < -0.3 is 24.1 Å². The van der Waals surface area contributed by atoms with Crippen molar-refractivity contribution in [2.24, 2.45) is 0 Å². The summed E-state index contributed by atoms with van der Waals surface area (Å²) in [5, 5.41) is 9.61. The van der Waals surface area contributed by atoms with Crippen LogP contribution in [0.4, 0.5) is 0 Å². The van der Waals surface area contributed by atoms with Gasteiger partial charge in [-0.15, -0.1) is 11.3 Å². The summed E-state index contributed by atoms with van der Waals surface area (Å²) in [4.78, 5) is 30.5. The van der Waals surface area contributed by atoms with Crippen molar-refractivity contribution in [1.29, 1.82) is 0 Å². The van der Waals surface area contributed by atoms with E-state index in [1.165, 1.54) is 0 Å². The Balaban J connectivity index is 1.02. The molecule has 10 heteroatoms. The van der Waals surface area contributed by atoms with Gasteiger partial charge in [0.15, 0.2) is 5.78 Å². The number of carboxylic acids is 1. The van der Waals surface area contributed by atoms with E-state index in [0.29, 0.717) is 43.3 Å². The maximum atomic E-state index is 14.4. The summed E-state index contributed by atoms with van der Waals surface area (Å²) >= 11 is 1.58. The van der Waals surface area contributed by atoms with Crippen molar-refractivity contribution in [3.8, 4) is 27.7 Å². The van der Waals surface area contributed by atoms with Crippen LogP contribution in [-0.2, 0) is 22.7 Å². The molecular formula is C45H44N2O7S. The van der Waals surface area contributed by atoms with Crippen LogP contribution < -0.4 is 14.2 Å². The Bertz CT molecular complexity index is 2150. The van der Waals surface area contributed by atoms with Crippen LogP contribution in [0.2, 0.25) is 0 Å². The van der Waals surface area contributed by atoms with Gasteiger partial charge in [-0.3, -0.25) is 14.6 Å². The number of carboxylic acid groups (broad SMARTS) is 1. The fourth-order valence-corrected chi connectivity index (χ4v) is 7.74. The van der Waals surface area contributed by atoms with Crippen LogP contribution in [-0.4, -0.2) is 85.7 Å². The minimum atomic E-state index is -0.945. The predicted octanol–water partition coefficient (Wildman–Crippen LogP) is 8.05. The van der Waals surface area contributed by atoms with Crippen LogP contribution in [0.3, 0.4) is 0 Å². The first-order valence-electron chi connectivity index (χ1n) is 18.5. The molecule has 55 heavy (non-hydrogen) atoms. The molecule has 1 fully saturated rings. The van der Waals surface area contributed by atoms with Crippen molar-refractivity contribution < 1.29 is 33.6 Å². The highest BCUT2D eigenvalue weighted by Crippen LogP contribution is 2.42. The normalized spacial score (nSPS) is 13.5. The summed E-state index contributed by atoms with van der Waals surface area (Å²) in [5.41, 5.74) is 4.37. The van der Waals surface area contributed by atoms with Crippen LogP contribution in [0.1, 0.15) is 27.0 Å². The Hall–Kier alpha value is -5.52. The lowest BCUT2D eigenvalue weighted by Crippen LogP contribution is -2.48. The van der Waals surface area contributed by atoms with E-state index in [4.69, 9.17) is 24.1 Å². The highest BCUT2D eigenvalue weighted by molar-refractivity contribution is 7.22. The number of hydrogen-bond donors (Lipinski definition) is 1. The van der Waals surface area contributed by atoms with E-state index in [0.717, 1.165) is 82.4 Å². The third kappa shape index (κ3) is 10.4. The molecule has 6 aromatic rings. The summed E-state index contributed by atoms with van der Waals surface area (Å²) in [6, 6.07) is 41.4. The average molecular weight is 757 g/mol. The molecule has 0 radical (unpaired) electrons. The average Bonchev–Trinajstić information content (AvgIpc) is 3.61. The number of ether oxygens (including phenoxy) is 4. The van der Waals surface area contributed by atoms with E-state index < -0.39 is 5.97 Å². The molecule has 1 N–H and O–H groups in total. The number of ketones is 1. The van der Waals surface area contributed by atoms with E-state index in [1.807, 2.05) is 127 Å². The lowest BCUT2D eigenvalue weighted by molar-refractivity contribution is -0.142. The molecule has 0 aliphatic carbocycles. The first-order chi connectivity index (χ1) is 27.0. The molecule has 2 heterocycles. The Morgan fingerprint density at radius 3 is 1.78 bits per heavy atom. The minimum absolute atomic E-state index is 0.0543. The maximum absolute atomic E-state index is 14.4. The Morgan fingerprint density at radius 2 is 1.16 bits per heavy atom.